The first-order valence-corrected chi connectivity index (χ1v) is 9.18. The van der Waals surface area contributed by atoms with Crippen LogP contribution in [0.4, 0.5) is 18.9 Å². The molecule has 10 heteroatoms. The van der Waals surface area contributed by atoms with Crippen molar-refractivity contribution in [2.24, 2.45) is 0 Å². The van der Waals surface area contributed by atoms with Gasteiger partial charge in [0.15, 0.2) is 17.3 Å². The number of tetrazole rings is 1. The third-order valence-electron chi connectivity index (χ3n) is 4.89. The van der Waals surface area contributed by atoms with Crippen molar-refractivity contribution in [3.63, 3.8) is 0 Å². The topological polar surface area (TPSA) is 74.1 Å². The summed E-state index contributed by atoms with van der Waals surface area (Å²) in [7, 11) is 3.08. The molecule has 3 aromatic rings. The monoisotopic (exact) mass is 421 g/mol. The number of benzene rings is 2. The van der Waals surface area contributed by atoms with E-state index in [9.17, 15) is 13.2 Å². The predicted octanol–water partition coefficient (Wildman–Crippen LogP) is 4.44. The first kappa shape index (κ1) is 21.4. The van der Waals surface area contributed by atoms with Gasteiger partial charge in [-0.15, -0.1) is 5.10 Å². The van der Waals surface area contributed by atoms with Crippen molar-refractivity contribution < 1.29 is 22.6 Å². The summed E-state index contributed by atoms with van der Waals surface area (Å²) in [5.41, 5.74) is -0.612. The first-order chi connectivity index (χ1) is 14.2. The van der Waals surface area contributed by atoms with Crippen LogP contribution in [-0.4, -0.2) is 34.4 Å². The minimum Gasteiger partial charge on any atom is -0.493 e. The van der Waals surface area contributed by atoms with Gasteiger partial charge in [0.25, 0.3) is 0 Å². The van der Waals surface area contributed by atoms with Crippen molar-refractivity contribution >= 4 is 5.69 Å². The highest BCUT2D eigenvalue weighted by molar-refractivity contribution is 5.56. The maximum Gasteiger partial charge on any atom is 0.416 e. The molecule has 0 saturated carbocycles. The average molecular weight is 421 g/mol. The zero-order valence-electron chi connectivity index (χ0n) is 17.0. The van der Waals surface area contributed by atoms with Crippen LogP contribution in [-0.2, 0) is 11.7 Å². The number of ether oxygens (including phenoxy) is 2. The lowest BCUT2D eigenvalue weighted by atomic mass is 9.96. The van der Waals surface area contributed by atoms with E-state index in [2.05, 4.69) is 20.8 Å². The third kappa shape index (κ3) is 4.17. The third-order valence-corrected chi connectivity index (χ3v) is 4.89. The Balaban J connectivity index is 2.00. The fraction of sp³-hybridized carbons (Fsp3) is 0.350. The molecular formula is C20H22F3N5O2. The van der Waals surface area contributed by atoms with Crippen LogP contribution in [0.3, 0.4) is 0 Å². The molecular weight excluding hydrogens is 399 g/mol. The Morgan fingerprint density at radius 2 is 1.77 bits per heavy atom. The molecule has 1 heterocycles. The highest BCUT2D eigenvalue weighted by Gasteiger charge is 2.34. The Morgan fingerprint density at radius 1 is 1.03 bits per heavy atom. The number of anilines is 1. The molecule has 0 aliphatic heterocycles. The lowest BCUT2D eigenvalue weighted by Crippen LogP contribution is -2.34. The molecule has 30 heavy (non-hydrogen) atoms. The van der Waals surface area contributed by atoms with E-state index in [1.54, 1.807) is 19.2 Å². The number of alkyl halides is 3. The minimum absolute atomic E-state index is 0.221. The van der Waals surface area contributed by atoms with Crippen LogP contribution >= 0.6 is 0 Å². The van der Waals surface area contributed by atoms with Gasteiger partial charge in [-0.2, -0.15) is 17.9 Å². The van der Waals surface area contributed by atoms with Gasteiger partial charge in [0.05, 0.1) is 31.0 Å². The number of methoxy groups -OCH3 is 2. The van der Waals surface area contributed by atoms with E-state index in [0.29, 0.717) is 23.7 Å². The summed E-state index contributed by atoms with van der Waals surface area (Å²) in [4.78, 5) is 0. The molecule has 2 aromatic carbocycles. The van der Waals surface area contributed by atoms with Crippen molar-refractivity contribution in [2.45, 2.75) is 32.0 Å². The van der Waals surface area contributed by atoms with Gasteiger partial charge >= 0.3 is 6.18 Å². The Morgan fingerprint density at radius 3 is 2.40 bits per heavy atom. The molecule has 0 fully saturated rings. The van der Waals surface area contributed by atoms with Crippen molar-refractivity contribution in [3.8, 4) is 17.2 Å². The van der Waals surface area contributed by atoms with Gasteiger partial charge in [0.1, 0.15) is 0 Å². The van der Waals surface area contributed by atoms with Crippen molar-refractivity contribution in [3.05, 3.63) is 53.9 Å². The number of nitrogens with one attached hydrogen (secondary N) is 1. The van der Waals surface area contributed by atoms with Crippen LogP contribution in [0.15, 0.2) is 42.5 Å². The lowest BCUT2D eigenvalue weighted by molar-refractivity contribution is -0.137. The maximum atomic E-state index is 13.1. The normalized spacial score (nSPS) is 13.6. The van der Waals surface area contributed by atoms with Crippen LogP contribution in [0.25, 0.3) is 5.69 Å². The smallest absolute Gasteiger partial charge is 0.416 e. The second kappa shape index (κ2) is 8.21. The molecule has 0 unspecified atom stereocenters. The Hall–Kier alpha value is -3.30. The van der Waals surface area contributed by atoms with E-state index < -0.39 is 17.3 Å². The molecule has 0 aliphatic carbocycles. The van der Waals surface area contributed by atoms with E-state index in [0.717, 1.165) is 17.8 Å². The summed E-state index contributed by atoms with van der Waals surface area (Å²) in [5.74, 6) is 1.49. The van der Waals surface area contributed by atoms with Crippen molar-refractivity contribution in [2.75, 3.05) is 19.5 Å². The standard InChI is InChI=1S/C20H22F3N5O2/c1-5-19(2,24-14-9-10-16(29-3)17(12-14)30-4)18-25-26-27-28(18)15-8-6-7-13(11-15)20(21,22)23/h6-12,24H,5H2,1-4H3/t19-/m0/s1. The van der Waals surface area contributed by atoms with Gasteiger partial charge in [-0.05, 0) is 54.1 Å². The minimum atomic E-state index is -4.46. The van der Waals surface area contributed by atoms with Gasteiger partial charge in [-0.3, -0.25) is 0 Å². The molecule has 0 spiro atoms. The fourth-order valence-corrected chi connectivity index (χ4v) is 3.05. The van der Waals surface area contributed by atoms with Crippen molar-refractivity contribution in [1.82, 2.24) is 20.2 Å². The summed E-state index contributed by atoms with van der Waals surface area (Å²) < 4.78 is 51.3. The summed E-state index contributed by atoms with van der Waals surface area (Å²) in [6.07, 6.45) is -3.91. The van der Waals surface area contributed by atoms with E-state index in [1.165, 1.54) is 23.9 Å². The second-order valence-corrected chi connectivity index (χ2v) is 6.84. The number of rotatable bonds is 7. The second-order valence-electron chi connectivity index (χ2n) is 6.84. The van der Waals surface area contributed by atoms with Gasteiger partial charge in [0.2, 0.25) is 0 Å². The molecule has 160 valence electrons. The zero-order valence-corrected chi connectivity index (χ0v) is 17.0. The molecule has 0 bridgehead atoms. The summed E-state index contributed by atoms with van der Waals surface area (Å²) in [6.45, 7) is 3.80. The van der Waals surface area contributed by atoms with Crippen LogP contribution in [0, 0.1) is 0 Å². The van der Waals surface area contributed by atoms with Crippen LogP contribution in [0.2, 0.25) is 0 Å². The molecule has 0 amide bonds. The molecule has 3 rings (SSSR count). The zero-order chi connectivity index (χ0) is 21.9. The summed E-state index contributed by atoms with van der Waals surface area (Å²) >= 11 is 0. The predicted molar refractivity (Wildman–Crippen MR) is 105 cm³/mol. The van der Waals surface area contributed by atoms with Crippen LogP contribution in [0.1, 0.15) is 31.7 Å². The molecule has 0 radical (unpaired) electrons. The summed E-state index contributed by atoms with van der Waals surface area (Å²) in [6, 6.07) is 10.2. The number of hydrogen-bond donors (Lipinski definition) is 1. The van der Waals surface area contributed by atoms with Crippen LogP contribution < -0.4 is 14.8 Å². The van der Waals surface area contributed by atoms with Gasteiger partial charge in [-0.1, -0.05) is 13.0 Å². The van der Waals surface area contributed by atoms with E-state index in [4.69, 9.17) is 9.47 Å². The van der Waals surface area contributed by atoms with Gasteiger partial charge in [-0.25, -0.2) is 0 Å². The molecule has 1 atom stereocenters. The summed E-state index contributed by atoms with van der Waals surface area (Å²) in [5, 5.41) is 15.1. The Bertz CT molecular complexity index is 1020. The molecule has 1 aromatic heterocycles. The Kier molecular flexibility index (Phi) is 5.86. The number of hydrogen-bond acceptors (Lipinski definition) is 6. The highest BCUT2D eigenvalue weighted by atomic mass is 19.4. The maximum absolute atomic E-state index is 13.1. The van der Waals surface area contributed by atoms with E-state index in [-0.39, 0.29) is 5.69 Å². The molecule has 1 N–H and O–H groups in total. The number of nitrogens with zero attached hydrogens (tertiary/aromatic N) is 4. The number of halogens is 3. The fourth-order valence-electron chi connectivity index (χ4n) is 3.05. The Labute approximate surface area is 171 Å². The number of aromatic nitrogens is 4. The molecule has 0 aliphatic rings. The first-order valence-electron chi connectivity index (χ1n) is 9.18. The lowest BCUT2D eigenvalue weighted by Gasteiger charge is -2.30. The van der Waals surface area contributed by atoms with Crippen LogP contribution in [0.5, 0.6) is 11.5 Å². The van der Waals surface area contributed by atoms with Gasteiger partial charge in [0, 0.05) is 11.8 Å². The quantitative estimate of drug-likeness (QED) is 0.608. The highest BCUT2D eigenvalue weighted by Crippen LogP contribution is 2.35. The molecule has 0 saturated heterocycles. The van der Waals surface area contributed by atoms with E-state index in [1.807, 2.05) is 19.9 Å². The largest absolute Gasteiger partial charge is 0.493 e. The van der Waals surface area contributed by atoms with E-state index >= 15 is 0 Å². The molecule has 7 nitrogen and oxygen atoms in total. The van der Waals surface area contributed by atoms with Crippen molar-refractivity contribution in [1.29, 1.82) is 0 Å². The average Bonchev–Trinajstić information content (AvgIpc) is 3.24. The van der Waals surface area contributed by atoms with Gasteiger partial charge < -0.3 is 14.8 Å². The SMILES string of the molecule is CC[C@](C)(Nc1ccc(OC)c(OC)c1)c1nnnn1-c1cccc(C(F)(F)F)c1.